The average molecular weight is 162 g/mol. The van der Waals surface area contributed by atoms with Crippen LogP contribution >= 0.6 is 0 Å². The number of primary amides is 1. The Labute approximate surface area is 64.7 Å². The van der Waals surface area contributed by atoms with E-state index < -0.39 is 17.4 Å². The van der Waals surface area contributed by atoms with Crippen molar-refractivity contribution >= 4 is 6.03 Å². The molecular weight excluding hydrogens is 148 g/mol. The molecule has 0 fully saturated rings. The Morgan fingerprint density at radius 3 is 1.91 bits per heavy atom. The summed E-state index contributed by atoms with van der Waals surface area (Å²) in [5.74, 6) is 0. The number of nitrogens with two attached hydrogens (primary N) is 3. The summed E-state index contributed by atoms with van der Waals surface area (Å²) in [7, 11) is 0. The molecule has 0 aromatic heterocycles. The Morgan fingerprint density at radius 2 is 1.82 bits per heavy atom. The van der Waals surface area contributed by atoms with E-state index in [9.17, 15) is 9.90 Å². The number of aliphatic hydroxyl groups is 1. The minimum atomic E-state index is -1.71. The van der Waals surface area contributed by atoms with Crippen molar-refractivity contribution < 1.29 is 9.90 Å². The second-order valence-corrected chi connectivity index (χ2v) is 2.84. The van der Waals surface area contributed by atoms with Crippen LogP contribution in [0.5, 0.6) is 0 Å². The molecule has 0 aliphatic rings. The zero-order chi connectivity index (χ0) is 9.28. The monoisotopic (exact) mass is 162 g/mol. The molecule has 0 aromatic rings. The first kappa shape index (κ1) is 10.2. The number of rotatable bonds is 2. The predicted octanol–water partition coefficient (Wildman–Crippen LogP) is -2.00. The van der Waals surface area contributed by atoms with Crippen molar-refractivity contribution in [1.29, 1.82) is 0 Å². The topological polar surface area (TPSA) is 127 Å². The molecule has 66 valence electrons. The van der Waals surface area contributed by atoms with E-state index in [4.69, 9.17) is 17.2 Å². The van der Waals surface area contributed by atoms with Crippen molar-refractivity contribution in [3.63, 3.8) is 0 Å². The van der Waals surface area contributed by atoms with E-state index in [-0.39, 0.29) is 0 Å². The van der Waals surface area contributed by atoms with Gasteiger partial charge >= 0.3 is 6.03 Å². The fourth-order valence-corrected chi connectivity index (χ4v) is 0.382. The SMILES string of the molecule is CC(N)(O)C(C)(N)NC(N)=O. The van der Waals surface area contributed by atoms with Gasteiger partial charge < -0.3 is 27.6 Å². The van der Waals surface area contributed by atoms with Gasteiger partial charge in [-0.05, 0) is 13.8 Å². The molecule has 11 heavy (non-hydrogen) atoms. The molecule has 0 saturated carbocycles. The van der Waals surface area contributed by atoms with Crippen molar-refractivity contribution in [2.45, 2.75) is 25.2 Å². The van der Waals surface area contributed by atoms with E-state index in [0.29, 0.717) is 0 Å². The fourth-order valence-electron chi connectivity index (χ4n) is 0.382. The summed E-state index contributed by atoms with van der Waals surface area (Å²) in [5.41, 5.74) is 12.3. The smallest absolute Gasteiger partial charge is 0.313 e. The molecule has 0 rings (SSSR count). The lowest BCUT2D eigenvalue weighted by Crippen LogP contribution is -2.71. The maximum absolute atomic E-state index is 10.3. The second-order valence-electron chi connectivity index (χ2n) is 2.84. The van der Waals surface area contributed by atoms with Crippen molar-refractivity contribution in [1.82, 2.24) is 5.32 Å². The van der Waals surface area contributed by atoms with Gasteiger partial charge in [0.25, 0.3) is 0 Å². The van der Waals surface area contributed by atoms with E-state index >= 15 is 0 Å². The number of nitrogens with one attached hydrogen (secondary N) is 1. The van der Waals surface area contributed by atoms with Gasteiger partial charge in [-0.15, -0.1) is 0 Å². The van der Waals surface area contributed by atoms with Crippen molar-refractivity contribution in [3.8, 4) is 0 Å². The Bertz CT molecular complexity index is 160. The number of hydrogen-bond acceptors (Lipinski definition) is 4. The maximum atomic E-state index is 10.3. The summed E-state index contributed by atoms with van der Waals surface area (Å²) in [4.78, 5) is 10.3. The van der Waals surface area contributed by atoms with E-state index in [0.717, 1.165) is 0 Å². The van der Waals surface area contributed by atoms with Crippen LogP contribution in [0.2, 0.25) is 0 Å². The Hall–Kier alpha value is -0.850. The number of amides is 2. The lowest BCUT2D eigenvalue weighted by molar-refractivity contribution is -0.0159. The molecule has 0 saturated heterocycles. The zero-order valence-electron chi connectivity index (χ0n) is 6.59. The molecule has 0 spiro atoms. The molecule has 0 aliphatic carbocycles. The van der Waals surface area contributed by atoms with Crippen LogP contribution in [0.25, 0.3) is 0 Å². The average Bonchev–Trinajstić information content (AvgIpc) is 1.56. The van der Waals surface area contributed by atoms with Gasteiger partial charge in [0.15, 0.2) is 0 Å². The van der Waals surface area contributed by atoms with Crippen LogP contribution in [-0.2, 0) is 0 Å². The van der Waals surface area contributed by atoms with Gasteiger partial charge in [0.05, 0.1) is 0 Å². The number of carbonyl (C=O) groups excluding carboxylic acids is 1. The third-order valence-electron chi connectivity index (χ3n) is 1.43. The highest BCUT2D eigenvalue weighted by molar-refractivity contribution is 5.72. The Balaban J connectivity index is 4.34. The summed E-state index contributed by atoms with van der Waals surface area (Å²) in [6.45, 7) is 2.63. The largest absolute Gasteiger partial charge is 0.372 e. The zero-order valence-corrected chi connectivity index (χ0v) is 6.59. The van der Waals surface area contributed by atoms with Crippen LogP contribution in [0.15, 0.2) is 0 Å². The van der Waals surface area contributed by atoms with E-state index in [1.807, 2.05) is 0 Å². The summed E-state index contributed by atoms with van der Waals surface area (Å²) in [6.07, 6.45) is 0. The molecule has 0 heterocycles. The van der Waals surface area contributed by atoms with Gasteiger partial charge in [-0.3, -0.25) is 0 Å². The molecule has 2 unspecified atom stereocenters. The van der Waals surface area contributed by atoms with Crippen LogP contribution in [0.4, 0.5) is 4.79 Å². The lowest BCUT2D eigenvalue weighted by Gasteiger charge is -2.36. The summed E-state index contributed by atoms with van der Waals surface area (Å²) < 4.78 is 0. The van der Waals surface area contributed by atoms with E-state index in [2.05, 4.69) is 5.32 Å². The third kappa shape index (κ3) is 2.71. The van der Waals surface area contributed by atoms with Crippen LogP contribution in [0.3, 0.4) is 0 Å². The highest BCUT2D eigenvalue weighted by Crippen LogP contribution is 2.08. The molecule has 2 atom stereocenters. The number of hydrogen-bond donors (Lipinski definition) is 5. The van der Waals surface area contributed by atoms with Gasteiger partial charge in [-0.25, -0.2) is 4.79 Å². The number of urea groups is 1. The first-order valence-electron chi connectivity index (χ1n) is 3.04. The molecule has 2 amide bonds. The molecule has 0 aromatic carbocycles. The molecule has 8 N–H and O–H groups in total. The molecule has 0 aliphatic heterocycles. The molecule has 0 bridgehead atoms. The quantitative estimate of drug-likeness (QED) is 0.301. The molecule has 0 radical (unpaired) electrons. The number of carbonyl (C=O) groups is 1. The standard InChI is InChI=1S/C5H14N4O2/c1-4(7,5(2,8)11)9-3(6)10/h11H,7-8H2,1-2H3,(H3,6,9,10). The van der Waals surface area contributed by atoms with Gasteiger partial charge in [-0.2, -0.15) is 0 Å². The lowest BCUT2D eigenvalue weighted by atomic mass is 10.0. The van der Waals surface area contributed by atoms with Gasteiger partial charge in [0, 0.05) is 0 Å². The van der Waals surface area contributed by atoms with Crippen molar-refractivity contribution in [2.75, 3.05) is 0 Å². The molecule has 6 nitrogen and oxygen atoms in total. The van der Waals surface area contributed by atoms with Crippen LogP contribution in [0.1, 0.15) is 13.8 Å². The third-order valence-corrected chi connectivity index (χ3v) is 1.43. The maximum Gasteiger partial charge on any atom is 0.313 e. The first-order valence-corrected chi connectivity index (χ1v) is 3.04. The minimum Gasteiger partial charge on any atom is -0.372 e. The molecular formula is C5H14N4O2. The normalized spacial score (nSPS) is 21.5. The fraction of sp³-hybridized carbons (Fsp3) is 0.800. The van der Waals surface area contributed by atoms with Crippen LogP contribution in [0, 0.1) is 0 Å². The Morgan fingerprint density at radius 1 is 1.45 bits per heavy atom. The van der Waals surface area contributed by atoms with E-state index in [1.54, 1.807) is 0 Å². The van der Waals surface area contributed by atoms with Gasteiger partial charge in [0.2, 0.25) is 0 Å². The van der Waals surface area contributed by atoms with Crippen LogP contribution in [-0.4, -0.2) is 22.5 Å². The Kier molecular flexibility index (Phi) is 2.44. The van der Waals surface area contributed by atoms with Crippen LogP contribution < -0.4 is 22.5 Å². The summed E-state index contributed by atoms with van der Waals surface area (Å²) >= 11 is 0. The highest BCUT2D eigenvalue weighted by atomic mass is 16.3. The van der Waals surface area contributed by atoms with Gasteiger partial charge in [-0.1, -0.05) is 0 Å². The van der Waals surface area contributed by atoms with Crippen molar-refractivity contribution in [3.05, 3.63) is 0 Å². The first-order chi connectivity index (χ1) is 4.67. The van der Waals surface area contributed by atoms with Gasteiger partial charge in [0.1, 0.15) is 11.4 Å². The van der Waals surface area contributed by atoms with E-state index in [1.165, 1.54) is 13.8 Å². The summed E-state index contributed by atoms with van der Waals surface area (Å²) in [5, 5.41) is 11.3. The highest BCUT2D eigenvalue weighted by Gasteiger charge is 2.37. The summed E-state index contributed by atoms with van der Waals surface area (Å²) in [6, 6.07) is -0.833. The van der Waals surface area contributed by atoms with Crippen molar-refractivity contribution in [2.24, 2.45) is 17.2 Å². The molecule has 6 heteroatoms. The minimum absolute atomic E-state index is 0.833. The predicted molar refractivity (Wildman–Crippen MR) is 40.1 cm³/mol. The second kappa shape index (κ2) is 2.65.